The second-order valence-corrected chi connectivity index (χ2v) is 6.46. The fourth-order valence-electron chi connectivity index (χ4n) is 2.65. The van der Waals surface area contributed by atoms with Crippen molar-refractivity contribution >= 4 is 23.2 Å². The summed E-state index contributed by atoms with van der Waals surface area (Å²) in [5.41, 5.74) is -0.609. The zero-order chi connectivity index (χ0) is 19.1. The van der Waals surface area contributed by atoms with Crippen LogP contribution in [0, 0.1) is 23.3 Å². The van der Waals surface area contributed by atoms with E-state index in [1.807, 2.05) is 6.92 Å². The molecule has 0 aliphatic rings. The zero-order valence-corrected chi connectivity index (χ0v) is 15.3. The van der Waals surface area contributed by atoms with Crippen molar-refractivity contribution in [3.63, 3.8) is 0 Å². The molecule has 0 heterocycles. The van der Waals surface area contributed by atoms with Crippen molar-refractivity contribution in [2.75, 3.05) is 0 Å². The lowest BCUT2D eigenvalue weighted by atomic mass is 10.0. The summed E-state index contributed by atoms with van der Waals surface area (Å²) in [6, 6.07) is 8.81. The molecule has 0 bridgehead atoms. The van der Waals surface area contributed by atoms with E-state index in [1.165, 1.54) is 6.08 Å². The van der Waals surface area contributed by atoms with Gasteiger partial charge in [0.1, 0.15) is 0 Å². The Hall–Kier alpha value is -2.01. The van der Waals surface area contributed by atoms with Crippen LogP contribution in [-0.2, 0) is 6.42 Å². The van der Waals surface area contributed by atoms with Crippen LogP contribution < -0.4 is 0 Å². The van der Waals surface area contributed by atoms with E-state index in [-0.39, 0.29) is 6.42 Å². The van der Waals surface area contributed by atoms with Crippen LogP contribution in [0.2, 0.25) is 0 Å². The molecule has 0 unspecified atom stereocenters. The van der Waals surface area contributed by atoms with Crippen LogP contribution in [-0.4, -0.2) is 4.86 Å². The number of hydrogen-bond acceptors (Lipinski definition) is 1. The Balaban J connectivity index is 2.27. The van der Waals surface area contributed by atoms with Gasteiger partial charge in [-0.1, -0.05) is 68.7 Å². The van der Waals surface area contributed by atoms with Gasteiger partial charge in [0.05, 0.1) is 5.56 Å². The van der Waals surface area contributed by atoms with Gasteiger partial charge in [-0.3, -0.25) is 0 Å². The van der Waals surface area contributed by atoms with Crippen LogP contribution in [0.4, 0.5) is 17.6 Å². The van der Waals surface area contributed by atoms with E-state index in [1.54, 1.807) is 30.3 Å². The van der Waals surface area contributed by atoms with Crippen LogP contribution in [0.3, 0.4) is 0 Å². The average molecular weight is 380 g/mol. The summed E-state index contributed by atoms with van der Waals surface area (Å²) < 4.78 is 56.9. The number of thiocarbonyl (C=S) groups is 1. The van der Waals surface area contributed by atoms with Crippen LogP contribution in [0.15, 0.2) is 36.4 Å². The van der Waals surface area contributed by atoms with Gasteiger partial charge in [-0.15, -0.1) is 0 Å². The fraction of sp³-hybridized carbons (Fsp3) is 0.286. The van der Waals surface area contributed by atoms with E-state index in [0.717, 1.165) is 25.3 Å². The highest BCUT2D eigenvalue weighted by atomic mass is 32.1. The molecule has 0 radical (unpaired) electrons. The van der Waals surface area contributed by atoms with Crippen molar-refractivity contribution in [1.29, 1.82) is 0 Å². The van der Waals surface area contributed by atoms with Gasteiger partial charge in [-0.2, -0.15) is 0 Å². The summed E-state index contributed by atoms with van der Waals surface area (Å²) in [6.07, 6.45) is 5.32. The number of halogens is 4. The maximum absolute atomic E-state index is 14.3. The lowest BCUT2D eigenvalue weighted by Gasteiger charge is -2.10. The minimum absolute atomic E-state index is 0.0298. The van der Waals surface area contributed by atoms with Crippen molar-refractivity contribution in [2.45, 2.75) is 39.0 Å². The maximum atomic E-state index is 14.3. The molecule has 0 amide bonds. The number of unbranched alkanes of at least 4 members (excludes halogenated alkanes) is 3. The Labute approximate surface area is 156 Å². The lowest BCUT2D eigenvalue weighted by Crippen LogP contribution is -2.07. The van der Waals surface area contributed by atoms with Gasteiger partial charge in [0.25, 0.3) is 0 Å². The number of benzene rings is 2. The summed E-state index contributed by atoms with van der Waals surface area (Å²) in [7, 11) is 0. The molecule has 26 heavy (non-hydrogen) atoms. The molecule has 0 aromatic heterocycles. The molecule has 0 aliphatic heterocycles. The molecule has 2 rings (SSSR count). The highest BCUT2D eigenvalue weighted by molar-refractivity contribution is 7.81. The summed E-state index contributed by atoms with van der Waals surface area (Å²) in [6.45, 7) is 2.00. The number of hydrogen-bond donors (Lipinski definition) is 0. The van der Waals surface area contributed by atoms with Gasteiger partial charge in [-0.05, 0) is 30.6 Å². The minimum Gasteiger partial charge on any atom is -0.203 e. The molecule has 0 atom stereocenters. The molecule has 0 saturated heterocycles. The first-order valence-electron chi connectivity index (χ1n) is 8.59. The average Bonchev–Trinajstić information content (AvgIpc) is 2.66. The van der Waals surface area contributed by atoms with Crippen LogP contribution in [0.25, 0.3) is 6.08 Å². The summed E-state index contributed by atoms with van der Waals surface area (Å²) in [5.74, 6) is -5.43. The van der Waals surface area contributed by atoms with Crippen LogP contribution in [0.1, 0.15) is 49.3 Å². The highest BCUT2D eigenvalue weighted by Crippen LogP contribution is 2.27. The largest absolute Gasteiger partial charge is 0.203 e. The Bertz CT molecular complexity index is 768. The van der Waals surface area contributed by atoms with Crippen molar-refractivity contribution in [2.24, 2.45) is 0 Å². The van der Waals surface area contributed by atoms with Crippen LogP contribution in [0.5, 0.6) is 0 Å². The second kappa shape index (κ2) is 9.62. The van der Waals surface area contributed by atoms with E-state index in [0.29, 0.717) is 16.8 Å². The standard InChI is InChI=1S/C21H20F4S/c1-2-3-4-8-11-15-18(22)20(24)16(21(25)19(15)23)12-13-17(26)14-9-6-5-7-10-14/h5-7,9-10,12-13H,2-4,8,11H2,1H3. The van der Waals surface area contributed by atoms with Crippen LogP contribution >= 0.6 is 12.2 Å². The molecule has 0 nitrogen and oxygen atoms in total. The van der Waals surface area contributed by atoms with Gasteiger partial charge in [0, 0.05) is 10.4 Å². The summed E-state index contributed by atoms with van der Waals surface area (Å²) in [5, 5.41) is 0. The highest BCUT2D eigenvalue weighted by Gasteiger charge is 2.23. The maximum Gasteiger partial charge on any atom is 0.169 e. The third-order valence-corrected chi connectivity index (χ3v) is 4.50. The topological polar surface area (TPSA) is 0 Å². The quantitative estimate of drug-likeness (QED) is 0.121. The van der Waals surface area contributed by atoms with E-state index in [2.05, 4.69) is 0 Å². The molecule has 2 aromatic carbocycles. The SMILES string of the molecule is CCCCCCc1c(F)c(F)c(C=CC(=S)c2ccccc2)c(F)c1F. The smallest absolute Gasteiger partial charge is 0.169 e. The van der Waals surface area contributed by atoms with E-state index in [9.17, 15) is 17.6 Å². The molecule has 138 valence electrons. The van der Waals surface area contributed by atoms with Gasteiger partial charge in [-0.25, -0.2) is 17.6 Å². The molecular weight excluding hydrogens is 360 g/mol. The number of rotatable bonds is 8. The second-order valence-electron chi connectivity index (χ2n) is 6.02. The number of allylic oxidation sites excluding steroid dienone is 1. The molecule has 0 aliphatic carbocycles. The zero-order valence-electron chi connectivity index (χ0n) is 14.5. The molecule has 5 heteroatoms. The third-order valence-electron chi connectivity index (χ3n) is 4.13. The van der Waals surface area contributed by atoms with Gasteiger partial charge in [0.2, 0.25) is 0 Å². The van der Waals surface area contributed by atoms with Crippen molar-refractivity contribution < 1.29 is 17.6 Å². The predicted octanol–water partition coefficient (Wildman–Crippen LogP) is 6.80. The Morgan fingerprint density at radius 3 is 2.08 bits per heavy atom. The Kier molecular flexibility index (Phi) is 7.51. The summed E-state index contributed by atoms with van der Waals surface area (Å²) in [4.78, 5) is 0.314. The Morgan fingerprint density at radius 2 is 1.50 bits per heavy atom. The molecule has 0 N–H and O–H groups in total. The molecule has 0 saturated carbocycles. The van der Waals surface area contributed by atoms with Crippen molar-refractivity contribution in [3.8, 4) is 0 Å². The minimum atomic E-state index is -1.39. The van der Waals surface area contributed by atoms with E-state index >= 15 is 0 Å². The van der Waals surface area contributed by atoms with Gasteiger partial charge < -0.3 is 0 Å². The van der Waals surface area contributed by atoms with Gasteiger partial charge in [0.15, 0.2) is 23.3 Å². The summed E-state index contributed by atoms with van der Waals surface area (Å²) >= 11 is 5.16. The molecule has 0 fully saturated rings. The first kappa shape index (κ1) is 20.3. The van der Waals surface area contributed by atoms with Gasteiger partial charge >= 0.3 is 0 Å². The van der Waals surface area contributed by atoms with Crippen molar-refractivity contribution in [3.05, 3.63) is 76.4 Å². The lowest BCUT2D eigenvalue weighted by molar-refractivity contribution is 0.433. The first-order chi connectivity index (χ1) is 12.5. The molecular formula is C21H20F4S. The van der Waals surface area contributed by atoms with Crippen molar-refractivity contribution in [1.82, 2.24) is 0 Å². The van der Waals surface area contributed by atoms with E-state index in [4.69, 9.17) is 12.2 Å². The first-order valence-corrected chi connectivity index (χ1v) is 9.00. The third kappa shape index (κ3) is 4.79. The normalized spacial score (nSPS) is 11.3. The predicted molar refractivity (Wildman–Crippen MR) is 101 cm³/mol. The monoisotopic (exact) mass is 380 g/mol. The van der Waals surface area contributed by atoms with E-state index < -0.39 is 34.4 Å². The fourth-order valence-corrected chi connectivity index (χ4v) is 2.85. The molecule has 2 aromatic rings. The Morgan fingerprint density at radius 1 is 0.885 bits per heavy atom. The molecule has 0 spiro atoms.